The molecule has 28 heavy (non-hydrogen) atoms. The fraction of sp³-hybridized carbons (Fsp3) is 0.0625. The van der Waals surface area contributed by atoms with Crippen LogP contribution in [0.5, 0.6) is 5.75 Å². The van der Waals surface area contributed by atoms with Gasteiger partial charge in [-0.25, -0.2) is 4.98 Å². The van der Waals surface area contributed by atoms with E-state index in [1.165, 1.54) is 12.1 Å². The summed E-state index contributed by atoms with van der Waals surface area (Å²) in [6.45, 7) is 1.72. The van der Waals surface area contributed by atoms with Crippen molar-refractivity contribution in [1.29, 1.82) is 0 Å². The average molecular weight is 423 g/mol. The number of nitrogens with zero attached hydrogens (tertiary/aromatic N) is 3. The van der Waals surface area contributed by atoms with Crippen LogP contribution < -0.4 is 0 Å². The van der Waals surface area contributed by atoms with E-state index in [2.05, 4.69) is 15.2 Å². The lowest BCUT2D eigenvalue weighted by Crippen LogP contribution is -2.00. The van der Waals surface area contributed by atoms with Gasteiger partial charge in [-0.1, -0.05) is 12.1 Å². The number of benzene rings is 2. The fourth-order valence-electron chi connectivity index (χ4n) is 2.47. The molecule has 2 aromatic carbocycles. The zero-order valence-corrected chi connectivity index (χ0v) is 15.8. The lowest BCUT2D eigenvalue weighted by Gasteiger charge is -2.09. The van der Waals surface area contributed by atoms with Crippen LogP contribution in [0.1, 0.15) is 5.69 Å². The highest BCUT2D eigenvalue weighted by molar-refractivity contribution is 7.86. The van der Waals surface area contributed by atoms with E-state index in [1.807, 2.05) is 0 Å². The number of phenols is 1. The van der Waals surface area contributed by atoms with Crippen LogP contribution in [0.15, 0.2) is 62.5 Å². The molecule has 0 fully saturated rings. The third-order valence-corrected chi connectivity index (χ3v) is 5.44. The molecule has 0 bridgehead atoms. The molecular formula is C16H13N3O7S2. The highest BCUT2D eigenvalue weighted by atomic mass is 32.2. The molecule has 0 aliphatic carbocycles. The Morgan fingerprint density at radius 1 is 0.929 bits per heavy atom. The molecule has 3 N–H and O–H groups in total. The SMILES string of the molecule is Cc1cccc(N=Nc2c(O)c(S(=O)(=O)O)cc3cc(S(=O)(=O)O)ccc23)n1. The summed E-state index contributed by atoms with van der Waals surface area (Å²) in [6, 6.07) is 9.02. The van der Waals surface area contributed by atoms with Crippen LogP contribution in [0.2, 0.25) is 0 Å². The van der Waals surface area contributed by atoms with Crippen LogP contribution in [0.4, 0.5) is 11.5 Å². The molecule has 10 nitrogen and oxygen atoms in total. The monoisotopic (exact) mass is 423 g/mol. The highest BCUT2D eigenvalue weighted by Gasteiger charge is 2.22. The summed E-state index contributed by atoms with van der Waals surface area (Å²) in [6.07, 6.45) is 0. The number of hydrogen-bond donors (Lipinski definition) is 3. The van der Waals surface area contributed by atoms with E-state index in [9.17, 15) is 31.0 Å². The van der Waals surface area contributed by atoms with Gasteiger partial charge in [0.1, 0.15) is 10.6 Å². The number of aryl methyl sites for hydroxylation is 1. The van der Waals surface area contributed by atoms with Crippen LogP contribution in [-0.4, -0.2) is 36.0 Å². The molecule has 3 rings (SSSR count). The first kappa shape index (κ1) is 19.8. The van der Waals surface area contributed by atoms with Gasteiger partial charge in [0, 0.05) is 11.1 Å². The van der Waals surface area contributed by atoms with Crippen LogP contribution in [-0.2, 0) is 20.2 Å². The van der Waals surface area contributed by atoms with Crippen molar-refractivity contribution in [3.8, 4) is 5.75 Å². The van der Waals surface area contributed by atoms with E-state index in [-0.39, 0.29) is 22.3 Å². The fourth-order valence-corrected chi connectivity index (χ4v) is 3.61. The van der Waals surface area contributed by atoms with Crippen molar-refractivity contribution in [3.05, 3.63) is 48.2 Å². The number of aromatic nitrogens is 1. The zero-order chi connectivity index (χ0) is 20.7. The maximum absolute atomic E-state index is 11.6. The quantitative estimate of drug-likeness (QED) is 0.425. The second-order valence-corrected chi connectivity index (χ2v) is 8.55. The van der Waals surface area contributed by atoms with Crippen molar-refractivity contribution in [2.24, 2.45) is 10.2 Å². The summed E-state index contributed by atoms with van der Waals surface area (Å²) in [5, 5.41) is 18.1. The summed E-state index contributed by atoms with van der Waals surface area (Å²) >= 11 is 0. The molecule has 0 radical (unpaired) electrons. The van der Waals surface area contributed by atoms with Gasteiger partial charge in [0.2, 0.25) is 0 Å². The van der Waals surface area contributed by atoms with Crippen molar-refractivity contribution in [3.63, 3.8) is 0 Å². The molecule has 0 saturated carbocycles. The Hall–Kier alpha value is -2.93. The number of fused-ring (bicyclic) bond motifs is 1. The number of rotatable bonds is 4. The van der Waals surface area contributed by atoms with Crippen molar-refractivity contribution < 1.29 is 31.0 Å². The smallest absolute Gasteiger partial charge is 0.298 e. The Labute approximate surface area is 159 Å². The first-order valence-corrected chi connectivity index (χ1v) is 10.4. The second kappa shape index (κ2) is 6.91. The maximum Gasteiger partial charge on any atom is 0.298 e. The van der Waals surface area contributed by atoms with Gasteiger partial charge in [-0.05, 0) is 42.6 Å². The van der Waals surface area contributed by atoms with Crippen molar-refractivity contribution >= 4 is 42.5 Å². The summed E-state index contributed by atoms with van der Waals surface area (Å²) in [5.41, 5.74) is 0.324. The van der Waals surface area contributed by atoms with E-state index < -0.39 is 35.8 Å². The van der Waals surface area contributed by atoms with Gasteiger partial charge in [-0.2, -0.15) is 16.8 Å². The third-order valence-electron chi connectivity index (χ3n) is 3.72. The Morgan fingerprint density at radius 3 is 2.25 bits per heavy atom. The van der Waals surface area contributed by atoms with Crippen LogP contribution in [0, 0.1) is 6.92 Å². The van der Waals surface area contributed by atoms with Gasteiger partial charge in [-0.15, -0.1) is 10.2 Å². The molecule has 0 unspecified atom stereocenters. The molecular weight excluding hydrogens is 410 g/mol. The van der Waals surface area contributed by atoms with E-state index in [4.69, 9.17) is 0 Å². The van der Waals surface area contributed by atoms with Crippen LogP contribution >= 0.6 is 0 Å². The number of hydrogen-bond acceptors (Lipinski definition) is 8. The topological polar surface area (TPSA) is 167 Å². The second-order valence-electron chi connectivity index (χ2n) is 5.74. The van der Waals surface area contributed by atoms with Crippen molar-refractivity contribution in [2.75, 3.05) is 0 Å². The number of phenolic OH excluding ortho intramolecular Hbond substituents is 1. The zero-order valence-electron chi connectivity index (χ0n) is 14.2. The molecule has 0 aliphatic rings. The first-order valence-electron chi connectivity index (χ1n) is 7.57. The van der Waals surface area contributed by atoms with Crippen molar-refractivity contribution in [2.45, 2.75) is 16.7 Å². The molecule has 0 amide bonds. The summed E-state index contributed by atoms with van der Waals surface area (Å²) in [4.78, 5) is 2.70. The van der Waals surface area contributed by atoms with Crippen LogP contribution in [0.3, 0.4) is 0 Å². The van der Waals surface area contributed by atoms with Crippen LogP contribution in [0.25, 0.3) is 10.8 Å². The minimum Gasteiger partial charge on any atom is -0.504 e. The normalized spacial score (nSPS) is 12.7. The predicted molar refractivity (Wildman–Crippen MR) is 98.4 cm³/mol. The maximum atomic E-state index is 11.6. The van der Waals surface area contributed by atoms with E-state index in [0.717, 1.165) is 18.2 Å². The molecule has 1 aromatic heterocycles. The van der Waals surface area contributed by atoms with E-state index in [0.29, 0.717) is 5.69 Å². The van der Waals surface area contributed by atoms with Crippen molar-refractivity contribution in [1.82, 2.24) is 4.98 Å². The number of azo groups is 1. The standard InChI is InChI=1S/C16H13N3O7S2/c1-9-3-2-4-14(17-9)18-19-15-12-6-5-11(27(21,22)23)7-10(12)8-13(16(15)20)28(24,25)26/h2-8,20H,1H3,(H,21,22,23)(H,24,25,26). The van der Waals surface area contributed by atoms with Gasteiger partial charge >= 0.3 is 0 Å². The van der Waals surface area contributed by atoms with E-state index >= 15 is 0 Å². The highest BCUT2D eigenvalue weighted by Crippen LogP contribution is 2.41. The predicted octanol–water partition coefficient (Wildman–Crippen LogP) is 3.16. The summed E-state index contributed by atoms with van der Waals surface area (Å²) < 4.78 is 64.4. The molecule has 0 atom stereocenters. The third kappa shape index (κ3) is 3.99. The molecule has 12 heteroatoms. The minimum atomic E-state index is -4.86. The van der Waals surface area contributed by atoms with Gasteiger partial charge in [0.15, 0.2) is 11.6 Å². The number of aromatic hydroxyl groups is 1. The lowest BCUT2D eigenvalue weighted by molar-refractivity contribution is 0.445. The molecule has 0 saturated heterocycles. The Balaban J connectivity index is 2.31. The van der Waals surface area contributed by atoms with E-state index in [1.54, 1.807) is 19.1 Å². The average Bonchev–Trinajstić information content (AvgIpc) is 2.58. The largest absolute Gasteiger partial charge is 0.504 e. The Bertz CT molecular complexity index is 1330. The molecule has 1 heterocycles. The number of pyridine rings is 1. The molecule has 146 valence electrons. The minimum absolute atomic E-state index is 0.0216. The van der Waals surface area contributed by atoms with Gasteiger partial charge in [0.05, 0.1) is 4.90 Å². The van der Waals surface area contributed by atoms with Gasteiger partial charge in [-0.3, -0.25) is 9.11 Å². The summed E-state index contributed by atoms with van der Waals surface area (Å²) in [7, 11) is -9.43. The van der Waals surface area contributed by atoms with Gasteiger partial charge in [0.25, 0.3) is 20.2 Å². The first-order chi connectivity index (χ1) is 13.0. The Morgan fingerprint density at radius 2 is 1.64 bits per heavy atom. The molecule has 3 aromatic rings. The van der Waals surface area contributed by atoms with Gasteiger partial charge < -0.3 is 5.11 Å². The summed E-state index contributed by atoms with van der Waals surface area (Å²) in [5.74, 6) is -0.689. The molecule has 0 spiro atoms. The molecule has 0 aliphatic heterocycles. The lowest BCUT2D eigenvalue weighted by atomic mass is 10.1. The Kier molecular flexibility index (Phi) is 4.89.